The van der Waals surface area contributed by atoms with Gasteiger partial charge in [-0.15, -0.1) is 5.11 Å². The standard InChI is InChI=1S/C27H22ClN7O15S5.4Na/c28-25-31-26(29-16-2-1-3-18(12-16)53(42,43)44)33-27(32-25)30-20-13-19(54(45,46)47)10-14-11-21(55(48,49)50)23(24(36)22(14)20)35-34-15-4-6-17(7-5-15)51(37,38)8-9-52(39,40)41;;;;/h1-7,10-13,36H,8-9H2,(H,39,40,41)(H,42,43,44)(H,45,46,47)(H,48,49,50)(H2,29,30,31,32,33);;;;/q;4*+1/p-4. The van der Waals surface area contributed by atoms with Crippen LogP contribution in [0.25, 0.3) is 10.8 Å². The quantitative estimate of drug-likeness (QED) is 0.0560. The van der Waals surface area contributed by atoms with E-state index in [1.165, 1.54) is 12.1 Å². The number of sulfone groups is 1. The Morgan fingerprint density at radius 1 is 0.661 bits per heavy atom. The second-order valence-electron chi connectivity index (χ2n) is 10.8. The van der Waals surface area contributed by atoms with E-state index in [2.05, 4.69) is 35.8 Å². The molecule has 1 aromatic heterocycles. The fourth-order valence-electron chi connectivity index (χ4n) is 4.58. The van der Waals surface area contributed by atoms with Gasteiger partial charge in [-0.25, -0.2) is 33.7 Å². The van der Waals surface area contributed by atoms with E-state index in [0.717, 1.165) is 36.4 Å². The van der Waals surface area contributed by atoms with Gasteiger partial charge in [-0.05, 0) is 83.0 Å². The Labute approximate surface area is 429 Å². The summed E-state index contributed by atoms with van der Waals surface area (Å²) in [7, 11) is -24.6. The molecule has 0 spiro atoms. The summed E-state index contributed by atoms with van der Waals surface area (Å²) < 4.78 is 163. The first-order valence-electron chi connectivity index (χ1n) is 14.2. The number of aromatic nitrogens is 3. The van der Waals surface area contributed by atoms with Crippen molar-refractivity contribution in [3.05, 3.63) is 72.0 Å². The molecule has 1 heterocycles. The number of hydrogen-bond acceptors (Lipinski definition) is 21. The van der Waals surface area contributed by atoms with Crippen LogP contribution in [0.5, 0.6) is 5.75 Å². The fourth-order valence-corrected chi connectivity index (χ4v) is 8.92. The van der Waals surface area contributed by atoms with Crippen LogP contribution in [-0.4, -0.2) is 86.8 Å². The van der Waals surface area contributed by atoms with Crippen molar-refractivity contribution in [2.45, 2.75) is 19.6 Å². The molecule has 0 unspecified atom stereocenters. The van der Waals surface area contributed by atoms with Crippen molar-refractivity contribution in [3.63, 3.8) is 0 Å². The molecule has 0 bridgehead atoms. The molecule has 5 aromatic rings. The van der Waals surface area contributed by atoms with E-state index < -0.39 is 121 Å². The normalized spacial score (nSPS) is 12.1. The summed E-state index contributed by atoms with van der Waals surface area (Å²) >= 11 is 6.02. The molecule has 0 aliphatic rings. The molecule has 3 N–H and O–H groups in total. The molecule has 0 saturated carbocycles. The van der Waals surface area contributed by atoms with E-state index >= 15 is 0 Å². The minimum Gasteiger partial charge on any atom is -0.870 e. The van der Waals surface area contributed by atoms with Crippen LogP contribution in [0, 0.1) is 0 Å². The van der Waals surface area contributed by atoms with Crippen LogP contribution in [0.15, 0.2) is 96.5 Å². The number of nitrogens with one attached hydrogen (secondary N) is 2. The maximum Gasteiger partial charge on any atom is 1.00 e. The van der Waals surface area contributed by atoms with Gasteiger partial charge < -0.3 is 29.4 Å². The second kappa shape index (κ2) is 21.6. The first-order chi connectivity index (χ1) is 25.3. The maximum atomic E-state index is 13.9. The number of azo groups is 1. The van der Waals surface area contributed by atoms with E-state index in [-0.39, 0.29) is 136 Å². The summed E-state index contributed by atoms with van der Waals surface area (Å²) in [4.78, 5) is 8.37. The van der Waals surface area contributed by atoms with E-state index in [0.29, 0.717) is 18.2 Å². The Morgan fingerprint density at radius 2 is 1.24 bits per heavy atom. The van der Waals surface area contributed by atoms with Gasteiger partial charge in [-0.2, -0.15) is 28.5 Å². The summed E-state index contributed by atoms with van der Waals surface area (Å²) in [6.45, 7) is 0. The summed E-state index contributed by atoms with van der Waals surface area (Å²) in [5, 5.41) is 24.6. The van der Waals surface area contributed by atoms with Crippen molar-refractivity contribution in [1.29, 1.82) is 0 Å². The Morgan fingerprint density at radius 3 is 1.78 bits per heavy atom. The van der Waals surface area contributed by atoms with Crippen LogP contribution in [0.3, 0.4) is 0 Å². The monoisotopic (exact) mass is 967 g/mol. The maximum absolute atomic E-state index is 13.9. The number of nitrogens with zero attached hydrogens (tertiary/aromatic N) is 5. The molecule has 32 heteroatoms. The number of halogens is 1. The molecule has 0 fully saturated rings. The van der Waals surface area contributed by atoms with Crippen LogP contribution >= 0.6 is 11.6 Å². The van der Waals surface area contributed by atoms with Gasteiger partial charge in [0.15, 0.2) is 9.84 Å². The first kappa shape index (κ1) is 56.0. The van der Waals surface area contributed by atoms with Crippen molar-refractivity contribution in [2.24, 2.45) is 10.2 Å². The van der Waals surface area contributed by atoms with E-state index in [1.807, 2.05) is 0 Å². The van der Waals surface area contributed by atoms with E-state index in [4.69, 9.17) is 11.6 Å². The molecule has 5 rings (SSSR count). The number of fused-ring (bicyclic) bond motifs is 1. The third kappa shape index (κ3) is 15.1. The number of benzene rings is 4. The molecule has 292 valence electrons. The smallest absolute Gasteiger partial charge is 0.870 e. The van der Waals surface area contributed by atoms with E-state index in [9.17, 15) is 65.4 Å². The molecule has 0 saturated heterocycles. The SMILES string of the molecule is O=S(=O)([O-])CCS(=O)(=O)c1ccc(N=Nc2c(S(=O)(=O)O)cc3cc(S(=O)(=O)[O-])cc(Nc4nc(Cl)nc(Nc5cccc(S(=O)(=O)[O-])c5)n4)c3c2[O-])cc1.[Na+].[Na+].[Na+].[Na+]. The molecule has 0 amide bonds. The van der Waals surface area contributed by atoms with Crippen molar-refractivity contribution in [2.75, 3.05) is 22.1 Å². The van der Waals surface area contributed by atoms with Gasteiger partial charge in [-0.3, -0.25) is 4.55 Å². The summed E-state index contributed by atoms with van der Waals surface area (Å²) in [6.07, 6.45) is 0. The third-order valence-corrected chi connectivity index (χ3v) is 12.3. The van der Waals surface area contributed by atoms with Crippen molar-refractivity contribution >= 4 is 107 Å². The molecular formula is C27H18ClN7Na4O15S5. The summed E-state index contributed by atoms with van der Waals surface area (Å²) in [6, 6.07) is 10.3. The topological polar surface area (TPSA) is 371 Å². The molecule has 4 aromatic carbocycles. The largest absolute Gasteiger partial charge is 1.00 e. The van der Waals surface area contributed by atoms with Gasteiger partial charge in [0.05, 0.1) is 47.7 Å². The van der Waals surface area contributed by atoms with Gasteiger partial charge in [-0.1, -0.05) is 11.8 Å². The van der Waals surface area contributed by atoms with Crippen molar-refractivity contribution in [3.8, 4) is 5.75 Å². The zero-order valence-corrected chi connectivity index (χ0v) is 43.4. The van der Waals surface area contributed by atoms with Gasteiger partial charge in [0.25, 0.3) is 10.1 Å². The summed E-state index contributed by atoms with van der Waals surface area (Å²) in [5.74, 6) is -4.50. The molecule has 0 radical (unpaired) electrons. The second-order valence-corrected chi connectivity index (χ2v) is 18.9. The minimum absolute atomic E-state index is 0. The number of anilines is 4. The summed E-state index contributed by atoms with van der Waals surface area (Å²) in [5.41, 5.74) is -1.84. The minimum atomic E-state index is -5.34. The predicted octanol–water partition coefficient (Wildman–Crippen LogP) is -9.96. The van der Waals surface area contributed by atoms with Crippen LogP contribution in [0.2, 0.25) is 5.28 Å². The van der Waals surface area contributed by atoms with Gasteiger partial charge >= 0.3 is 118 Å². The molecule has 59 heavy (non-hydrogen) atoms. The van der Waals surface area contributed by atoms with Gasteiger partial charge in [0.1, 0.15) is 25.1 Å². The fraction of sp³-hybridized carbons (Fsp3) is 0.0741. The molecule has 22 nitrogen and oxygen atoms in total. The Balaban J connectivity index is 0.00000435. The molecule has 0 aliphatic heterocycles. The van der Waals surface area contributed by atoms with Crippen LogP contribution in [0.1, 0.15) is 0 Å². The zero-order valence-electron chi connectivity index (χ0n) is 30.6. The van der Waals surface area contributed by atoms with E-state index in [1.54, 1.807) is 0 Å². The van der Waals surface area contributed by atoms with Crippen molar-refractivity contribution in [1.82, 2.24) is 15.0 Å². The third-order valence-electron chi connectivity index (χ3n) is 6.97. The molecule has 0 atom stereocenters. The van der Waals surface area contributed by atoms with Crippen LogP contribution < -0.4 is 134 Å². The van der Waals surface area contributed by atoms with Crippen LogP contribution in [0.4, 0.5) is 34.6 Å². The number of hydrogen-bond donors (Lipinski definition) is 3. The van der Waals surface area contributed by atoms with Crippen LogP contribution in [-0.2, 0) is 50.3 Å². The zero-order chi connectivity index (χ0) is 40.7. The average Bonchev–Trinajstić information content (AvgIpc) is 3.05. The molecular weight excluding hydrogens is 950 g/mol. The first-order valence-corrected chi connectivity index (χ1v) is 22.1. The Kier molecular flexibility index (Phi) is 20.5. The molecule has 0 aliphatic carbocycles. The Bertz CT molecular complexity index is 2990. The Hall–Kier alpha value is -0.970. The number of rotatable bonds is 13. The van der Waals surface area contributed by atoms with Crippen molar-refractivity contribution < 1.29 is 184 Å². The van der Waals surface area contributed by atoms with Gasteiger partial charge in [0, 0.05) is 11.4 Å². The average molecular weight is 968 g/mol. The van der Waals surface area contributed by atoms with Gasteiger partial charge in [0.2, 0.25) is 17.2 Å². The predicted molar refractivity (Wildman–Crippen MR) is 184 cm³/mol.